The Hall–Kier alpha value is -1.88. The summed E-state index contributed by atoms with van der Waals surface area (Å²) in [5, 5.41) is 0. The molecular formula is C15H21NO4. The third-order valence-electron chi connectivity index (χ3n) is 3.17. The first kappa shape index (κ1) is 16.2. The predicted molar refractivity (Wildman–Crippen MR) is 76.9 cm³/mol. The second-order valence-electron chi connectivity index (χ2n) is 5.10. The number of carbonyl (C=O) groups excluding carboxylic acids is 2. The van der Waals surface area contributed by atoms with Crippen LogP contribution < -0.4 is 4.90 Å². The van der Waals surface area contributed by atoms with Crippen molar-refractivity contribution in [1.29, 1.82) is 0 Å². The highest BCUT2D eigenvalue weighted by molar-refractivity contribution is 6.02. The number of carbonyl (C=O) groups is 2. The number of amides is 1. The smallest absolute Gasteiger partial charge is 0.339 e. The van der Waals surface area contributed by atoms with Gasteiger partial charge >= 0.3 is 5.97 Å². The van der Waals surface area contributed by atoms with Crippen LogP contribution in [-0.4, -0.2) is 38.7 Å². The molecule has 110 valence electrons. The molecule has 5 nitrogen and oxygen atoms in total. The second kappa shape index (κ2) is 6.52. The number of methoxy groups -OCH3 is 2. The number of ether oxygens (including phenoxy) is 2. The van der Waals surface area contributed by atoms with Gasteiger partial charge in [-0.1, -0.05) is 12.1 Å². The minimum Gasteiger partial charge on any atom is -0.465 e. The molecule has 0 fully saturated rings. The van der Waals surface area contributed by atoms with Gasteiger partial charge in [-0.05, 0) is 26.0 Å². The Balaban J connectivity index is 3.00. The number of esters is 1. The zero-order valence-corrected chi connectivity index (χ0v) is 12.6. The number of anilines is 1. The lowest BCUT2D eigenvalue weighted by Gasteiger charge is -2.26. The SMILES string of the molecule is COC(=O)c1ccccc1N(C)C(=O)CC(C)(C)OC. The van der Waals surface area contributed by atoms with Gasteiger partial charge in [-0.25, -0.2) is 4.79 Å². The number of hydrogen-bond donors (Lipinski definition) is 0. The summed E-state index contributed by atoms with van der Waals surface area (Å²) in [6, 6.07) is 6.84. The van der Waals surface area contributed by atoms with Crippen LogP contribution in [-0.2, 0) is 14.3 Å². The summed E-state index contributed by atoms with van der Waals surface area (Å²) in [5.41, 5.74) is 0.336. The summed E-state index contributed by atoms with van der Waals surface area (Å²) in [7, 11) is 4.51. The number of para-hydroxylation sites is 1. The summed E-state index contributed by atoms with van der Waals surface area (Å²) < 4.78 is 9.98. The van der Waals surface area contributed by atoms with Crippen LogP contribution in [0.25, 0.3) is 0 Å². The van der Waals surface area contributed by atoms with E-state index in [0.717, 1.165) is 0 Å². The maximum atomic E-state index is 12.3. The normalized spacial score (nSPS) is 11.1. The van der Waals surface area contributed by atoms with Crippen LogP contribution in [0.1, 0.15) is 30.6 Å². The summed E-state index contributed by atoms with van der Waals surface area (Å²) in [6.07, 6.45) is 0.218. The summed E-state index contributed by atoms with van der Waals surface area (Å²) in [4.78, 5) is 25.4. The standard InChI is InChI=1S/C15H21NO4/c1-15(2,20-5)10-13(17)16(3)12-9-7-6-8-11(12)14(18)19-4/h6-9H,10H2,1-5H3. The van der Waals surface area contributed by atoms with Crippen molar-refractivity contribution in [3.05, 3.63) is 29.8 Å². The molecule has 0 heterocycles. The number of benzene rings is 1. The van der Waals surface area contributed by atoms with Crippen LogP contribution >= 0.6 is 0 Å². The monoisotopic (exact) mass is 279 g/mol. The van der Waals surface area contributed by atoms with Crippen molar-refractivity contribution in [2.45, 2.75) is 25.9 Å². The molecule has 1 aromatic rings. The van der Waals surface area contributed by atoms with Crippen molar-refractivity contribution in [1.82, 2.24) is 0 Å². The Labute approximate surface area is 119 Å². The molecule has 0 N–H and O–H groups in total. The lowest BCUT2D eigenvalue weighted by Crippen LogP contribution is -2.35. The van der Waals surface area contributed by atoms with Gasteiger partial charge in [0.05, 0.1) is 30.4 Å². The van der Waals surface area contributed by atoms with E-state index < -0.39 is 11.6 Å². The van der Waals surface area contributed by atoms with Gasteiger partial charge in [0.1, 0.15) is 0 Å². The number of rotatable bonds is 5. The lowest BCUT2D eigenvalue weighted by atomic mass is 10.0. The Morgan fingerprint density at radius 2 is 1.80 bits per heavy atom. The van der Waals surface area contributed by atoms with Crippen molar-refractivity contribution < 1.29 is 19.1 Å². The Morgan fingerprint density at radius 3 is 2.35 bits per heavy atom. The van der Waals surface area contributed by atoms with Crippen LogP contribution in [0, 0.1) is 0 Å². The average molecular weight is 279 g/mol. The van der Waals surface area contributed by atoms with E-state index in [1.165, 1.54) is 12.0 Å². The van der Waals surface area contributed by atoms with Crippen molar-refractivity contribution in [2.75, 3.05) is 26.2 Å². The molecule has 5 heteroatoms. The highest BCUT2D eigenvalue weighted by Crippen LogP contribution is 2.23. The first-order chi connectivity index (χ1) is 9.32. The third kappa shape index (κ3) is 3.81. The maximum absolute atomic E-state index is 12.3. The maximum Gasteiger partial charge on any atom is 0.339 e. The quantitative estimate of drug-likeness (QED) is 0.776. The van der Waals surface area contributed by atoms with E-state index in [4.69, 9.17) is 9.47 Å². The number of hydrogen-bond acceptors (Lipinski definition) is 4. The molecule has 1 rings (SSSR count). The van der Waals surface area contributed by atoms with Crippen molar-refractivity contribution >= 4 is 17.6 Å². The second-order valence-corrected chi connectivity index (χ2v) is 5.10. The molecule has 0 aliphatic heterocycles. The molecule has 0 saturated heterocycles. The lowest BCUT2D eigenvalue weighted by molar-refractivity contribution is -0.123. The Bertz CT molecular complexity index is 496. The van der Waals surface area contributed by atoms with E-state index in [1.54, 1.807) is 38.4 Å². The molecule has 0 aliphatic rings. The molecular weight excluding hydrogens is 258 g/mol. The summed E-state index contributed by atoms with van der Waals surface area (Å²) in [5.74, 6) is -0.598. The third-order valence-corrected chi connectivity index (χ3v) is 3.17. The summed E-state index contributed by atoms with van der Waals surface area (Å²) >= 11 is 0. The van der Waals surface area contributed by atoms with Gasteiger partial charge < -0.3 is 14.4 Å². The first-order valence-corrected chi connectivity index (χ1v) is 6.31. The predicted octanol–water partition coefficient (Wildman–Crippen LogP) is 2.25. The minimum atomic E-state index is -0.550. The van der Waals surface area contributed by atoms with E-state index in [9.17, 15) is 9.59 Å². The molecule has 1 aromatic carbocycles. The van der Waals surface area contributed by atoms with Crippen molar-refractivity contribution in [3.8, 4) is 0 Å². The van der Waals surface area contributed by atoms with Crippen LogP contribution in [0.4, 0.5) is 5.69 Å². The molecule has 0 saturated carbocycles. The largest absolute Gasteiger partial charge is 0.465 e. The fourth-order valence-electron chi connectivity index (χ4n) is 1.74. The molecule has 0 radical (unpaired) electrons. The van der Waals surface area contributed by atoms with Crippen LogP contribution in [0.2, 0.25) is 0 Å². The van der Waals surface area contributed by atoms with Crippen LogP contribution in [0.5, 0.6) is 0 Å². The number of nitrogens with zero attached hydrogens (tertiary/aromatic N) is 1. The molecule has 1 amide bonds. The van der Waals surface area contributed by atoms with E-state index in [0.29, 0.717) is 11.3 Å². The summed E-state index contributed by atoms with van der Waals surface area (Å²) in [6.45, 7) is 3.68. The van der Waals surface area contributed by atoms with Crippen molar-refractivity contribution in [2.24, 2.45) is 0 Å². The minimum absolute atomic E-state index is 0.131. The zero-order valence-electron chi connectivity index (χ0n) is 12.6. The molecule has 0 atom stereocenters. The fourth-order valence-corrected chi connectivity index (χ4v) is 1.74. The van der Waals surface area contributed by atoms with Gasteiger partial charge in [-0.3, -0.25) is 4.79 Å². The first-order valence-electron chi connectivity index (χ1n) is 6.31. The zero-order chi connectivity index (χ0) is 15.3. The van der Waals surface area contributed by atoms with Crippen LogP contribution in [0.3, 0.4) is 0 Å². The van der Waals surface area contributed by atoms with Gasteiger partial charge in [0.25, 0.3) is 0 Å². The highest BCUT2D eigenvalue weighted by Gasteiger charge is 2.25. The van der Waals surface area contributed by atoms with Crippen LogP contribution in [0.15, 0.2) is 24.3 Å². The van der Waals surface area contributed by atoms with Crippen molar-refractivity contribution in [3.63, 3.8) is 0 Å². The topological polar surface area (TPSA) is 55.8 Å². The average Bonchev–Trinajstić information content (AvgIpc) is 2.45. The van der Waals surface area contributed by atoms with Gasteiger partial charge in [0.2, 0.25) is 5.91 Å². The molecule has 0 spiro atoms. The van der Waals surface area contributed by atoms with E-state index in [2.05, 4.69) is 0 Å². The highest BCUT2D eigenvalue weighted by atomic mass is 16.5. The molecule has 0 aliphatic carbocycles. The molecule has 20 heavy (non-hydrogen) atoms. The molecule has 0 bridgehead atoms. The van der Waals surface area contributed by atoms with E-state index in [1.807, 2.05) is 13.8 Å². The Morgan fingerprint density at radius 1 is 1.20 bits per heavy atom. The van der Waals surface area contributed by atoms with Gasteiger partial charge in [-0.2, -0.15) is 0 Å². The van der Waals surface area contributed by atoms with Gasteiger partial charge in [0.15, 0.2) is 0 Å². The van der Waals surface area contributed by atoms with Gasteiger partial charge in [0, 0.05) is 14.2 Å². The van der Waals surface area contributed by atoms with E-state index in [-0.39, 0.29) is 12.3 Å². The van der Waals surface area contributed by atoms with Gasteiger partial charge in [-0.15, -0.1) is 0 Å². The fraction of sp³-hybridized carbons (Fsp3) is 0.467. The molecule has 0 unspecified atom stereocenters. The molecule has 0 aromatic heterocycles. The van der Waals surface area contributed by atoms with E-state index >= 15 is 0 Å². The Kier molecular flexibility index (Phi) is 5.27.